The summed E-state index contributed by atoms with van der Waals surface area (Å²) in [7, 11) is 0. The van der Waals surface area contributed by atoms with Crippen molar-refractivity contribution >= 4 is 0 Å². The summed E-state index contributed by atoms with van der Waals surface area (Å²) in [5, 5.41) is 3.47. The SMILES string of the molecule is CCNC(COCC)Cc1ccc(C)c(C)c1. The lowest BCUT2D eigenvalue weighted by atomic mass is 10.0. The van der Waals surface area contributed by atoms with E-state index in [1.54, 1.807) is 0 Å². The van der Waals surface area contributed by atoms with Crippen LogP contribution in [-0.4, -0.2) is 25.8 Å². The lowest BCUT2D eigenvalue weighted by Gasteiger charge is -2.18. The van der Waals surface area contributed by atoms with Crippen molar-refractivity contribution in [3.63, 3.8) is 0 Å². The molecule has 0 fully saturated rings. The Morgan fingerprint density at radius 2 is 1.94 bits per heavy atom. The quantitative estimate of drug-likeness (QED) is 0.784. The third kappa shape index (κ3) is 4.88. The summed E-state index contributed by atoms with van der Waals surface area (Å²) in [6.45, 7) is 11.1. The maximum absolute atomic E-state index is 5.51. The van der Waals surface area contributed by atoms with Gasteiger partial charge in [-0.3, -0.25) is 0 Å². The first-order chi connectivity index (χ1) is 8.17. The first-order valence-electron chi connectivity index (χ1n) is 6.54. The van der Waals surface area contributed by atoms with Gasteiger partial charge in [-0.25, -0.2) is 0 Å². The first kappa shape index (κ1) is 14.2. The van der Waals surface area contributed by atoms with Gasteiger partial charge in [0.25, 0.3) is 0 Å². The standard InChI is InChI=1S/C15H25NO/c1-5-16-15(11-17-6-2)10-14-8-7-12(3)13(4)9-14/h7-9,15-16H,5-6,10-11H2,1-4H3. The van der Waals surface area contributed by atoms with Crippen LogP contribution in [0, 0.1) is 13.8 Å². The highest BCUT2D eigenvalue weighted by Crippen LogP contribution is 2.11. The molecule has 0 aliphatic heterocycles. The summed E-state index contributed by atoms with van der Waals surface area (Å²) in [5.74, 6) is 0. The molecule has 1 aromatic rings. The van der Waals surface area contributed by atoms with E-state index >= 15 is 0 Å². The summed E-state index contributed by atoms with van der Waals surface area (Å²) >= 11 is 0. The molecule has 0 heterocycles. The van der Waals surface area contributed by atoms with Crippen LogP contribution in [0.2, 0.25) is 0 Å². The third-order valence-corrected chi connectivity index (χ3v) is 3.07. The minimum Gasteiger partial charge on any atom is -0.380 e. The number of nitrogens with one attached hydrogen (secondary N) is 1. The van der Waals surface area contributed by atoms with Crippen LogP contribution in [0.1, 0.15) is 30.5 Å². The molecule has 0 aliphatic carbocycles. The monoisotopic (exact) mass is 235 g/mol. The molecule has 0 spiro atoms. The molecule has 0 saturated carbocycles. The van der Waals surface area contributed by atoms with Crippen molar-refractivity contribution in [1.29, 1.82) is 0 Å². The number of benzene rings is 1. The highest BCUT2D eigenvalue weighted by atomic mass is 16.5. The molecule has 1 N–H and O–H groups in total. The fourth-order valence-electron chi connectivity index (χ4n) is 1.95. The molecule has 0 aromatic heterocycles. The topological polar surface area (TPSA) is 21.3 Å². The summed E-state index contributed by atoms with van der Waals surface area (Å²) in [6.07, 6.45) is 1.04. The van der Waals surface area contributed by atoms with Crippen LogP contribution in [0.15, 0.2) is 18.2 Å². The van der Waals surface area contributed by atoms with E-state index in [1.165, 1.54) is 16.7 Å². The Morgan fingerprint density at radius 1 is 1.18 bits per heavy atom. The van der Waals surface area contributed by atoms with E-state index in [-0.39, 0.29) is 0 Å². The van der Waals surface area contributed by atoms with Crippen molar-refractivity contribution in [3.05, 3.63) is 34.9 Å². The fourth-order valence-corrected chi connectivity index (χ4v) is 1.95. The molecular formula is C15H25NO. The second-order valence-corrected chi connectivity index (χ2v) is 4.54. The maximum atomic E-state index is 5.51. The molecule has 2 nitrogen and oxygen atoms in total. The molecule has 0 amide bonds. The number of hydrogen-bond acceptors (Lipinski definition) is 2. The van der Waals surface area contributed by atoms with Gasteiger partial charge in [0.05, 0.1) is 6.61 Å². The summed E-state index contributed by atoms with van der Waals surface area (Å²) in [4.78, 5) is 0. The van der Waals surface area contributed by atoms with E-state index in [0.717, 1.165) is 26.2 Å². The van der Waals surface area contributed by atoms with Crippen LogP contribution in [0.3, 0.4) is 0 Å². The molecule has 0 saturated heterocycles. The van der Waals surface area contributed by atoms with Crippen molar-refractivity contribution in [2.75, 3.05) is 19.8 Å². The predicted molar refractivity (Wildman–Crippen MR) is 73.6 cm³/mol. The van der Waals surface area contributed by atoms with E-state index in [1.807, 2.05) is 6.92 Å². The van der Waals surface area contributed by atoms with Crippen molar-refractivity contribution in [3.8, 4) is 0 Å². The average molecular weight is 235 g/mol. The molecule has 0 aliphatic rings. The summed E-state index contributed by atoms with van der Waals surface area (Å²) < 4.78 is 5.51. The predicted octanol–water partition coefficient (Wildman–Crippen LogP) is 2.86. The highest BCUT2D eigenvalue weighted by Gasteiger charge is 2.08. The van der Waals surface area contributed by atoms with Gasteiger partial charge in [-0.05, 0) is 50.4 Å². The Morgan fingerprint density at radius 3 is 2.53 bits per heavy atom. The van der Waals surface area contributed by atoms with Crippen molar-refractivity contribution < 1.29 is 4.74 Å². The Kier molecular flexibility index (Phi) is 6.23. The maximum Gasteiger partial charge on any atom is 0.0622 e. The van der Waals surface area contributed by atoms with Gasteiger partial charge in [-0.1, -0.05) is 25.1 Å². The van der Waals surface area contributed by atoms with Gasteiger partial charge in [-0.15, -0.1) is 0 Å². The number of ether oxygens (including phenoxy) is 1. The Labute approximate surface area is 105 Å². The van der Waals surface area contributed by atoms with Gasteiger partial charge in [0.1, 0.15) is 0 Å². The Balaban J connectivity index is 2.61. The fraction of sp³-hybridized carbons (Fsp3) is 0.600. The van der Waals surface area contributed by atoms with E-state index in [4.69, 9.17) is 4.74 Å². The zero-order valence-corrected chi connectivity index (χ0v) is 11.5. The second kappa shape index (κ2) is 7.46. The lowest BCUT2D eigenvalue weighted by Crippen LogP contribution is -2.35. The van der Waals surface area contributed by atoms with Crippen LogP contribution in [0.4, 0.5) is 0 Å². The van der Waals surface area contributed by atoms with E-state index in [2.05, 4.69) is 44.3 Å². The van der Waals surface area contributed by atoms with E-state index in [9.17, 15) is 0 Å². The number of aryl methyl sites for hydroxylation is 2. The molecule has 1 aromatic carbocycles. The smallest absolute Gasteiger partial charge is 0.0622 e. The molecule has 1 unspecified atom stereocenters. The van der Waals surface area contributed by atoms with E-state index in [0.29, 0.717) is 6.04 Å². The minimum atomic E-state index is 0.419. The van der Waals surface area contributed by atoms with Crippen LogP contribution in [0.5, 0.6) is 0 Å². The normalized spacial score (nSPS) is 12.7. The summed E-state index contributed by atoms with van der Waals surface area (Å²) in [5.41, 5.74) is 4.12. The minimum absolute atomic E-state index is 0.419. The molecule has 1 atom stereocenters. The van der Waals surface area contributed by atoms with Gasteiger partial charge in [0, 0.05) is 12.6 Å². The van der Waals surface area contributed by atoms with Crippen LogP contribution >= 0.6 is 0 Å². The van der Waals surface area contributed by atoms with Crippen LogP contribution < -0.4 is 5.32 Å². The second-order valence-electron chi connectivity index (χ2n) is 4.54. The third-order valence-electron chi connectivity index (χ3n) is 3.07. The van der Waals surface area contributed by atoms with Crippen molar-refractivity contribution in [2.45, 2.75) is 40.2 Å². The zero-order chi connectivity index (χ0) is 12.7. The molecule has 17 heavy (non-hydrogen) atoms. The van der Waals surface area contributed by atoms with Gasteiger partial charge in [0.15, 0.2) is 0 Å². The van der Waals surface area contributed by atoms with Crippen LogP contribution in [-0.2, 0) is 11.2 Å². The first-order valence-corrected chi connectivity index (χ1v) is 6.54. The summed E-state index contributed by atoms with van der Waals surface area (Å²) in [6, 6.07) is 7.13. The largest absolute Gasteiger partial charge is 0.380 e. The number of hydrogen-bond donors (Lipinski definition) is 1. The Hall–Kier alpha value is -0.860. The molecule has 0 bridgehead atoms. The molecule has 2 heteroatoms. The van der Waals surface area contributed by atoms with Gasteiger partial charge >= 0.3 is 0 Å². The average Bonchev–Trinajstić information content (AvgIpc) is 2.31. The number of likely N-dealkylation sites (N-methyl/N-ethyl adjacent to an activating group) is 1. The van der Waals surface area contributed by atoms with Crippen molar-refractivity contribution in [1.82, 2.24) is 5.32 Å². The van der Waals surface area contributed by atoms with E-state index < -0.39 is 0 Å². The van der Waals surface area contributed by atoms with Gasteiger partial charge < -0.3 is 10.1 Å². The molecule has 0 radical (unpaired) electrons. The highest BCUT2D eigenvalue weighted by molar-refractivity contribution is 5.30. The lowest BCUT2D eigenvalue weighted by molar-refractivity contribution is 0.123. The van der Waals surface area contributed by atoms with Crippen molar-refractivity contribution in [2.24, 2.45) is 0 Å². The molecule has 96 valence electrons. The van der Waals surface area contributed by atoms with Crippen LogP contribution in [0.25, 0.3) is 0 Å². The molecule has 1 rings (SSSR count). The number of rotatable bonds is 7. The molecular weight excluding hydrogens is 210 g/mol. The zero-order valence-electron chi connectivity index (χ0n) is 11.5. The van der Waals surface area contributed by atoms with Gasteiger partial charge in [-0.2, -0.15) is 0 Å². The Bertz CT molecular complexity index is 336. The van der Waals surface area contributed by atoms with Gasteiger partial charge in [0.2, 0.25) is 0 Å².